The van der Waals surface area contributed by atoms with E-state index in [4.69, 9.17) is 0 Å². The van der Waals surface area contributed by atoms with E-state index in [1.54, 1.807) is 23.7 Å². The molecule has 2 aromatic rings. The Morgan fingerprint density at radius 2 is 1.96 bits per heavy atom. The zero-order valence-corrected chi connectivity index (χ0v) is 15.1. The summed E-state index contributed by atoms with van der Waals surface area (Å²) in [6.07, 6.45) is 5.84. The number of thiophene rings is 1. The van der Waals surface area contributed by atoms with E-state index in [1.165, 1.54) is 5.56 Å². The molecule has 0 bridgehead atoms. The molecule has 25 heavy (non-hydrogen) atoms. The lowest BCUT2D eigenvalue weighted by Crippen LogP contribution is -2.50. The van der Waals surface area contributed by atoms with Gasteiger partial charge in [-0.15, -0.1) is 0 Å². The lowest BCUT2D eigenvalue weighted by molar-refractivity contribution is -0.133. The number of anilines is 1. The fourth-order valence-corrected chi connectivity index (χ4v) is 3.89. The average molecular weight is 357 g/mol. The quantitative estimate of drug-likeness (QED) is 0.790. The second-order valence-corrected chi connectivity index (χ2v) is 7.48. The Bertz CT molecular complexity index is 681. The fourth-order valence-electron chi connectivity index (χ4n) is 3.23. The van der Waals surface area contributed by atoms with Gasteiger partial charge in [0.25, 0.3) is 0 Å². The molecule has 6 nitrogen and oxygen atoms in total. The predicted octanol–water partition coefficient (Wildman–Crippen LogP) is 1.85. The van der Waals surface area contributed by atoms with Gasteiger partial charge in [0, 0.05) is 51.2 Å². The van der Waals surface area contributed by atoms with Crippen molar-refractivity contribution >= 4 is 23.2 Å². The minimum absolute atomic E-state index is 0.262. The highest BCUT2D eigenvalue weighted by molar-refractivity contribution is 7.07. The molecular weight excluding hydrogens is 334 g/mol. The third kappa shape index (κ3) is 4.16. The third-order valence-corrected chi connectivity index (χ3v) is 5.54. The summed E-state index contributed by atoms with van der Waals surface area (Å²) < 4.78 is 0. The van der Waals surface area contributed by atoms with E-state index in [0.717, 1.165) is 51.5 Å². The van der Waals surface area contributed by atoms with Gasteiger partial charge in [0.2, 0.25) is 11.9 Å². The Labute approximate surface area is 152 Å². The molecule has 0 unspecified atom stereocenters. The summed E-state index contributed by atoms with van der Waals surface area (Å²) in [5.74, 6) is 1.05. The number of piperazine rings is 1. The van der Waals surface area contributed by atoms with Crippen molar-refractivity contribution < 1.29 is 4.79 Å². The van der Waals surface area contributed by atoms with Crippen LogP contribution in [0, 0.1) is 0 Å². The van der Waals surface area contributed by atoms with Gasteiger partial charge in [0.15, 0.2) is 0 Å². The molecule has 0 spiro atoms. The van der Waals surface area contributed by atoms with Gasteiger partial charge >= 0.3 is 0 Å². The van der Waals surface area contributed by atoms with Gasteiger partial charge in [0.05, 0.1) is 6.54 Å². The summed E-state index contributed by atoms with van der Waals surface area (Å²) in [5, 5.41) is 4.22. The van der Waals surface area contributed by atoms with Crippen LogP contribution in [0.15, 0.2) is 35.3 Å². The highest BCUT2D eigenvalue weighted by Gasteiger charge is 2.33. The molecule has 2 aromatic heterocycles. The molecule has 2 fully saturated rings. The minimum atomic E-state index is 0.262. The van der Waals surface area contributed by atoms with Gasteiger partial charge in [-0.2, -0.15) is 11.3 Å². The van der Waals surface area contributed by atoms with Crippen LogP contribution in [0.3, 0.4) is 0 Å². The van der Waals surface area contributed by atoms with Gasteiger partial charge in [-0.1, -0.05) is 0 Å². The standard InChI is InChI=1S/C18H23N5OS/c24-17(23(16-2-3-16)12-15-4-11-25-14-15)13-21-7-9-22(10-8-21)18-19-5-1-6-20-18/h1,4-6,11,14,16H,2-3,7-10,12-13H2. The second-order valence-electron chi connectivity index (χ2n) is 6.70. The highest BCUT2D eigenvalue weighted by atomic mass is 32.1. The van der Waals surface area contributed by atoms with Crippen molar-refractivity contribution in [2.75, 3.05) is 37.6 Å². The van der Waals surface area contributed by atoms with Crippen molar-refractivity contribution in [1.82, 2.24) is 19.8 Å². The molecule has 0 aromatic carbocycles. The zero-order valence-electron chi connectivity index (χ0n) is 14.3. The number of rotatable bonds is 6. The number of hydrogen-bond donors (Lipinski definition) is 0. The van der Waals surface area contributed by atoms with Crippen LogP contribution in [0.4, 0.5) is 5.95 Å². The van der Waals surface area contributed by atoms with Crippen LogP contribution < -0.4 is 4.90 Å². The molecule has 1 aliphatic heterocycles. The lowest BCUT2D eigenvalue weighted by atomic mass is 10.2. The molecule has 4 rings (SSSR count). The second kappa shape index (κ2) is 7.49. The summed E-state index contributed by atoms with van der Waals surface area (Å²) >= 11 is 1.69. The first-order valence-electron chi connectivity index (χ1n) is 8.84. The SMILES string of the molecule is O=C(CN1CCN(c2ncccn2)CC1)N(Cc1ccsc1)C1CC1. The van der Waals surface area contributed by atoms with Crippen LogP contribution in [-0.2, 0) is 11.3 Å². The van der Waals surface area contributed by atoms with E-state index in [2.05, 4.69) is 41.5 Å². The van der Waals surface area contributed by atoms with E-state index in [1.807, 2.05) is 6.07 Å². The van der Waals surface area contributed by atoms with E-state index in [0.29, 0.717) is 12.6 Å². The van der Waals surface area contributed by atoms with Crippen LogP contribution in [0.25, 0.3) is 0 Å². The number of hydrogen-bond acceptors (Lipinski definition) is 6. The van der Waals surface area contributed by atoms with Crippen LogP contribution in [0.2, 0.25) is 0 Å². The molecule has 1 aliphatic carbocycles. The number of amides is 1. The Hall–Kier alpha value is -1.99. The lowest BCUT2D eigenvalue weighted by Gasteiger charge is -2.35. The Morgan fingerprint density at radius 1 is 1.20 bits per heavy atom. The summed E-state index contributed by atoms with van der Waals surface area (Å²) in [4.78, 5) is 28.0. The molecule has 2 aliphatic rings. The zero-order chi connectivity index (χ0) is 17.1. The normalized spacial score (nSPS) is 18.3. The third-order valence-electron chi connectivity index (χ3n) is 4.81. The van der Waals surface area contributed by atoms with Gasteiger partial charge in [0.1, 0.15) is 0 Å². The minimum Gasteiger partial charge on any atom is -0.338 e. The van der Waals surface area contributed by atoms with E-state index < -0.39 is 0 Å². The number of carbonyl (C=O) groups is 1. The smallest absolute Gasteiger partial charge is 0.237 e. The van der Waals surface area contributed by atoms with E-state index in [9.17, 15) is 4.79 Å². The molecule has 0 radical (unpaired) electrons. The van der Waals surface area contributed by atoms with Gasteiger partial charge in [-0.3, -0.25) is 9.69 Å². The van der Waals surface area contributed by atoms with Crippen molar-refractivity contribution in [3.05, 3.63) is 40.8 Å². The summed E-state index contributed by atoms with van der Waals surface area (Å²) in [7, 11) is 0. The van der Waals surface area contributed by atoms with Gasteiger partial charge in [-0.05, 0) is 41.3 Å². The Balaban J connectivity index is 1.30. The number of carbonyl (C=O) groups excluding carboxylic acids is 1. The highest BCUT2D eigenvalue weighted by Crippen LogP contribution is 2.29. The predicted molar refractivity (Wildman–Crippen MR) is 98.6 cm³/mol. The number of nitrogens with zero attached hydrogens (tertiary/aromatic N) is 5. The topological polar surface area (TPSA) is 52.6 Å². The molecule has 1 saturated carbocycles. The van der Waals surface area contributed by atoms with Crippen LogP contribution in [0.5, 0.6) is 0 Å². The Kier molecular flexibility index (Phi) is 4.94. The van der Waals surface area contributed by atoms with E-state index in [-0.39, 0.29) is 5.91 Å². The first-order chi connectivity index (χ1) is 12.3. The first kappa shape index (κ1) is 16.5. The summed E-state index contributed by atoms with van der Waals surface area (Å²) in [6, 6.07) is 4.40. The van der Waals surface area contributed by atoms with Crippen molar-refractivity contribution in [1.29, 1.82) is 0 Å². The molecule has 0 atom stereocenters. The fraction of sp³-hybridized carbons (Fsp3) is 0.500. The van der Waals surface area contributed by atoms with Crippen molar-refractivity contribution in [3.8, 4) is 0 Å². The first-order valence-corrected chi connectivity index (χ1v) is 9.79. The molecule has 7 heteroatoms. The monoisotopic (exact) mass is 357 g/mol. The van der Waals surface area contributed by atoms with Crippen LogP contribution >= 0.6 is 11.3 Å². The van der Waals surface area contributed by atoms with E-state index >= 15 is 0 Å². The largest absolute Gasteiger partial charge is 0.338 e. The summed E-state index contributed by atoms with van der Waals surface area (Å²) in [6.45, 7) is 4.76. The average Bonchev–Trinajstić information content (AvgIpc) is 3.36. The Morgan fingerprint density at radius 3 is 2.60 bits per heavy atom. The van der Waals surface area contributed by atoms with Crippen LogP contribution in [0.1, 0.15) is 18.4 Å². The van der Waals surface area contributed by atoms with Gasteiger partial charge in [-0.25, -0.2) is 9.97 Å². The number of aromatic nitrogens is 2. The molecule has 132 valence electrons. The maximum atomic E-state index is 12.8. The van der Waals surface area contributed by atoms with Crippen molar-refractivity contribution in [3.63, 3.8) is 0 Å². The van der Waals surface area contributed by atoms with Crippen molar-refractivity contribution in [2.24, 2.45) is 0 Å². The van der Waals surface area contributed by atoms with Crippen LogP contribution in [-0.4, -0.2) is 64.4 Å². The summed E-state index contributed by atoms with van der Waals surface area (Å²) in [5.41, 5.74) is 1.25. The molecule has 1 amide bonds. The molecular formula is C18H23N5OS. The molecule has 1 saturated heterocycles. The maximum absolute atomic E-state index is 12.8. The van der Waals surface area contributed by atoms with Gasteiger partial charge < -0.3 is 9.80 Å². The van der Waals surface area contributed by atoms with Crippen molar-refractivity contribution in [2.45, 2.75) is 25.4 Å². The molecule has 0 N–H and O–H groups in total. The molecule has 3 heterocycles. The maximum Gasteiger partial charge on any atom is 0.237 e.